The zero-order valence-corrected chi connectivity index (χ0v) is 6.86. The van der Waals surface area contributed by atoms with Crippen LogP contribution in [0.1, 0.15) is 6.42 Å². The van der Waals surface area contributed by atoms with Gasteiger partial charge in [-0.1, -0.05) is 6.08 Å². The van der Waals surface area contributed by atoms with Crippen molar-refractivity contribution in [2.45, 2.75) is 6.42 Å². The van der Waals surface area contributed by atoms with Gasteiger partial charge in [-0.15, -0.1) is 6.58 Å². The lowest BCUT2D eigenvalue weighted by atomic mass is 10.3. The van der Waals surface area contributed by atoms with Crippen molar-refractivity contribution in [1.82, 2.24) is 4.90 Å². The number of carboxylic acids is 1. The Morgan fingerprint density at radius 3 is 3.17 bits per heavy atom. The first-order chi connectivity index (χ1) is 5.74. The minimum Gasteiger partial charge on any atom is -0.480 e. The molecule has 0 atom stereocenters. The summed E-state index contributed by atoms with van der Waals surface area (Å²) in [6.45, 7) is 5.05. The van der Waals surface area contributed by atoms with E-state index in [4.69, 9.17) is 5.11 Å². The van der Waals surface area contributed by atoms with Crippen LogP contribution in [0.15, 0.2) is 17.6 Å². The van der Waals surface area contributed by atoms with Gasteiger partial charge in [0.05, 0.1) is 6.54 Å². The third kappa shape index (κ3) is 2.08. The van der Waals surface area contributed by atoms with Crippen molar-refractivity contribution in [1.29, 1.82) is 0 Å². The summed E-state index contributed by atoms with van der Waals surface area (Å²) in [5.74, 6) is 0.0288. The summed E-state index contributed by atoms with van der Waals surface area (Å²) >= 11 is 0. The van der Waals surface area contributed by atoms with Crippen LogP contribution in [0.3, 0.4) is 0 Å². The van der Waals surface area contributed by atoms with Gasteiger partial charge < -0.3 is 10.0 Å². The number of nitrogens with zero attached hydrogens (tertiary/aromatic N) is 2. The molecule has 1 heterocycles. The van der Waals surface area contributed by atoms with Gasteiger partial charge in [0.1, 0.15) is 12.4 Å². The average molecular weight is 168 g/mol. The molecule has 0 aromatic heterocycles. The molecule has 1 aliphatic rings. The van der Waals surface area contributed by atoms with Crippen molar-refractivity contribution in [3.63, 3.8) is 0 Å². The molecule has 0 radical (unpaired) electrons. The Morgan fingerprint density at radius 2 is 2.58 bits per heavy atom. The van der Waals surface area contributed by atoms with E-state index in [1.807, 2.05) is 0 Å². The smallest absolute Gasteiger partial charge is 0.323 e. The Labute approximate surface area is 71.2 Å². The fraction of sp³-hybridized carbons (Fsp3) is 0.500. The number of hydrogen-bond donors (Lipinski definition) is 1. The molecule has 0 unspecified atom stereocenters. The first kappa shape index (κ1) is 8.77. The van der Waals surface area contributed by atoms with Gasteiger partial charge in [-0.05, 0) is 0 Å². The van der Waals surface area contributed by atoms with Gasteiger partial charge in [0.25, 0.3) is 0 Å². The summed E-state index contributed by atoms with van der Waals surface area (Å²) in [5, 5.41) is 8.54. The molecule has 0 saturated carbocycles. The highest BCUT2D eigenvalue weighted by atomic mass is 16.4. The Morgan fingerprint density at radius 1 is 1.83 bits per heavy atom. The van der Waals surface area contributed by atoms with Crippen LogP contribution in [-0.2, 0) is 4.79 Å². The molecule has 12 heavy (non-hydrogen) atoms. The molecule has 1 N–H and O–H groups in total. The van der Waals surface area contributed by atoms with E-state index in [0.29, 0.717) is 13.0 Å². The molecule has 0 aromatic carbocycles. The molecule has 0 aromatic rings. The minimum atomic E-state index is -0.811. The summed E-state index contributed by atoms with van der Waals surface area (Å²) in [7, 11) is 0. The molecule has 0 aliphatic carbocycles. The fourth-order valence-electron chi connectivity index (χ4n) is 1.19. The molecular formula is C8H12N2O2. The number of aliphatic carboxylic acids is 1. The average Bonchev–Trinajstić information content (AvgIpc) is 2.37. The highest BCUT2D eigenvalue weighted by Crippen LogP contribution is 2.04. The SMILES string of the molecule is C=CCC1=NCCN1CC(=O)O. The van der Waals surface area contributed by atoms with E-state index in [0.717, 1.165) is 12.4 Å². The molecule has 1 rings (SSSR count). The van der Waals surface area contributed by atoms with Gasteiger partial charge >= 0.3 is 5.97 Å². The van der Waals surface area contributed by atoms with Crippen LogP contribution >= 0.6 is 0 Å². The molecule has 1 aliphatic heterocycles. The molecule has 0 spiro atoms. The summed E-state index contributed by atoms with van der Waals surface area (Å²) in [4.78, 5) is 16.3. The van der Waals surface area contributed by atoms with Crippen LogP contribution < -0.4 is 0 Å². The van der Waals surface area contributed by atoms with Crippen LogP contribution in [-0.4, -0.2) is 41.4 Å². The zero-order chi connectivity index (χ0) is 8.97. The van der Waals surface area contributed by atoms with E-state index in [9.17, 15) is 4.79 Å². The maximum Gasteiger partial charge on any atom is 0.323 e. The van der Waals surface area contributed by atoms with Gasteiger partial charge in [0.2, 0.25) is 0 Å². The summed E-state index contributed by atoms with van der Waals surface area (Å²) < 4.78 is 0. The molecule has 66 valence electrons. The molecule has 4 nitrogen and oxygen atoms in total. The first-order valence-electron chi connectivity index (χ1n) is 3.85. The lowest BCUT2D eigenvalue weighted by molar-refractivity contribution is -0.137. The van der Waals surface area contributed by atoms with Gasteiger partial charge in [0, 0.05) is 13.0 Å². The van der Waals surface area contributed by atoms with Crippen molar-refractivity contribution in [3.05, 3.63) is 12.7 Å². The van der Waals surface area contributed by atoms with E-state index < -0.39 is 5.97 Å². The van der Waals surface area contributed by atoms with Crippen molar-refractivity contribution in [3.8, 4) is 0 Å². The topological polar surface area (TPSA) is 52.9 Å². The summed E-state index contributed by atoms with van der Waals surface area (Å²) in [6.07, 6.45) is 2.40. The van der Waals surface area contributed by atoms with E-state index in [2.05, 4.69) is 11.6 Å². The van der Waals surface area contributed by atoms with Gasteiger partial charge in [-0.3, -0.25) is 9.79 Å². The molecule has 0 amide bonds. The zero-order valence-electron chi connectivity index (χ0n) is 6.86. The second kappa shape index (κ2) is 3.90. The number of carboxylic acid groups (broad SMARTS) is 1. The Hall–Kier alpha value is -1.32. The lowest BCUT2D eigenvalue weighted by Gasteiger charge is -2.16. The number of aliphatic imine (C=N–C) groups is 1. The molecule has 0 fully saturated rings. The number of amidine groups is 1. The quantitative estimate of drug-likeness (QED) is 0.617. The molecule has 0 saturated heterocycles. The largest absolute Gasteiger partial charge is 0.480 e. The van der Waals surface area contributed by atoms with Crippen LogP contribution in [0.25, 0.3) is 0 Å². The maximum atomic E-state index is 10.4. The predicted octanol–water partition coefficient (Wildman–Crippen LogP) is 0.361. The van der Waals surface area contributed by atoms with E-state index in [1.165, 1.54) is 0 Å². The van der Waals surface area contributed by atoms with Gasteiger partial charge in [-0.2, -0.15) is 0 Å². The third-order valence-corrected chi connectivity index (χ3v) is 1.68. The molecule has 0 bridgehead atoms. The molecule has 4 heteroatoms. The van der Waals surface area contributed by atoms with Crippen molar-refractivity contribution in [2.24, 2.45) is 4.99 Å². The van der Waals surface area contributed by atoms with E-state index in [1.54, 1.807) is 11.0 Å². The van der Waals surface area contributed by atoms with Crippen LogP contribution in [0.4, 0.5) is 0 Å². The Bertz CT molecular complexity index is 223. The first-order valence-corrected chi connectivity index (χ1v) is 3.85. The number of hydrogen-bond acceptors (Lipinski definition) is 3. The normalized spacial score (nSPS) is 16.0. The Kier molecular flexibility index (Phi) is 2.85. The second-order valence-electron chi connectivity index (χ2n) is 2.61. The lowest BCUT2D eigenvalue weighted by Crippen LogP contribution is -2.32. The van der Waals surface area contributed by atoms with Gasteiger partial charge in [0.15, 0.2) is 0 Å². The van der Waals surface area contributed by atoms with Crippen LogP contribution in [0.5, 0.6) is 0 Å². The number of carbonyl (C=O) groups is 1. The maximum absolute atomic E-state index is 10.4. The van der Waals surface area contributed by atoms with Crippen LogP contribution in [0.2, 0.25) is 0 Å². The highest BCUT2D eigenvalue weighted by molar-refractivity contribution is 5.87. The third-order valence-electron chi connectivity index (χ3n) is 1.68. The van der Waals surface area contributed by atoms with Gasteiger partial charge in [-0.25, -0.2) is 0 Å². The minimum absolute atomic E-state index is 0.0483. The molecular weight excluding hydrogens is 156 g/mol. The standard InChI is InChI=1S/C8H12N2O2/c1-2-3-7-9-4-5-10(7)6-8(11)12/h2H,1,3-6H2,(H,11,12). The number of rotatable bonds is 4. The van der Waals surface area contributed by atoms with E-state index >= 15 is 0 Å². The predicted molar refractivity (Wildman–Crippen MR) is 46.3 cm³/mol. The summed E-state index contributed by atoms with van der Waals surface area (Å²) in [6, 6.07) is 0. The highest BCUT2D eigenvalue weighted by Gasteiger charge is 2.17. The van der Waals surface area contributed by atoms with Crippen molar-refractivity contribution < 1.29 is 9.90 Å². The van der Waals surface area contributed by atoms with E-state index in [-0.39, 0.29) is 6.54 Å². The summed E-state index contributed by atoms with van der Waals surface area (Å²) in [5.41, 5.74) is 0. The monoisotopic (exact) mass is 168 g/mol. The van der Waals surface area contributed by atoms with Crippen LogP contribution in [0, 0.1) is 0 Å². The fourth-order valence-corrected chi connectivity index (χ4v) is 1.19. The van der Waals surface area contributed by atoms with Crippen molar-refractivity contribution >= 4 is 11.8 Å². The Balaban J connectivity index is 2.49. The second-order valence-corrected chi connectivity index (χ2v) is 2.61. The van der Waals surface area contributed by atoms with Crippen molar-refractivity contribution in [2.75, 3.05) is 19.6 Å².